The molecule has 1 aromatic carbocycles. The van der Waals surface area contributed by atoms with Crippen molar-refractivity contribution < 1.29 is 9.26 Å². The third kappa shape index (κ3) is 2.82. The van der Waals surface area contributed by atoms with Crippen molar-refractivity contribution in [1.82, 2.24) is 10.1 Å². The van der Waals surface area contributed by atoms with Crippen LogP contribution in [0, 0.1) is 20.8 Å². The highest BCUT2D eigenvalue weighted by Gasteiger charge is 2.11. The third-order valence-electron chi connectivity index (χ3n) is 3.51. The van der Waals surface area contributed by atoms with Crippen LogP contribution in [0.4, 0.5) is 5.13 Å². The van der Waals surface area contributed by atoms with Crippen LogP contribution in [0.25, 0.3) is 11.3 Å². The lowest BCUT2D eigenvalue weighted by Gasteiger charge is -2.06. The normalized spacial score (nSPS) is 10.9. The molecule has 5 nitrogen and oxygen atoms in total. The molecular formula is C16H17N3O2S. The van der Waals surface area contributed by atoms with Gasteiger partial charge in [0.1, 0.15) is 18.1 Å². The Morgan fingerprint density at radius 2 is 1.91 bits per heavy atom. The van der Waals surface area contributed by atoms with Crippen molar-refractivity contribution in [2.24, 2.45) is 0 Å². The summed E-state index contributed by atoms with van der Waals surface area (Å²) in [5, 5.41) is 4.51. The van der Waals surface area contributed by atoms with Crippen molar-refractivity contribution in [2.75, 3.05) is 5.73 Å². The summed E-state index contributed by atoms with van der Waals surface area (Å²) in [4.78, 5) is 5.47. The number of hydrogen-bond acceptors (Lipinski definition) is 6. The van der Waals surface area contributed by atoms with Crippen LogP contribution >= 0.6 is 11.3 Å². The summed E-state index contributed by atoms with van der Waals surface area (Å²) in [5.74, 6) is 1.59. The standard InChI is InChI=1S/C16H17N3O2S/c1-9-14(10(2)21-19-9)8-20-13-6-4-12(5-7-13)15-11(3)22-16(17)18-15/h4-7H,8H2,1-3H3,(H2,17,18). The van der Waals surface area contributed by atoms with E-state index in [9.17, 15) is 0 Å². The molecule has 0 saturated carbocycles. The summed E-state index contributed by atoms with van der Waals surface area (Å²) in [7, 11) is 0. The smallest absolute Gasteiger partial charge is 0.180 e. The van der Waals surface area contributed by atoms with Crippen molar-refractivity contribution in [3.05, 3.63) is 46.2 Å². The second kappa shape index (κ2) is 5.81. The first-order valence-corrected chi connectivity index (χ1v) is 7.74. The number of thiazole rings is 1. The van der Waals surface area contributed by atoms with Crippen molar-refractivity contribution in [1.29, 1.82) is 0 Å². The topological polar surface area (TPSA) is 74.2 Å². The Morgan fingerprint density at radius 1 is 1.18 bits per heavy atom. The van der Waals surface area contributed by atoms with Gasteiger partial charge >= 0.3 is 0 Å². The van der Waals surface area contributed by atoms with Crippen LogP contribution in [-0.4, -0.2) is 10.1 Å². The summed E-state index contributed by atoms with van der Waals surface area (Å²) in [6.07, 6.45) is 0. The van der Waals surface area contributed by atoms with Crippen LogP contribution < -0.4 is 10.5 Å². The Labute approximate surface area is 132 Å². The Kier molecular flexibility index (Phi) is 3.85. The fourth-order valence-electron chi connectivity index (χ4n) is 2.26. The average molecular weight is 315 g/mol. The molecule has 3 aromatic rings. The van der Waals surface area contributed by atoms with E-state index in [0.29, 0.717) is 11.7 Å². The Hall–Kier alpha value is -2.34. The van der Waals surface area contributed by atoms with Gasteiger partial charge in [-0.05, 0) is 45.0 Å². The van der Waals surface area contributed by atoms with E-state index in [4.69, 9.17) is 15.0 Å². The number of aromatic nitrogens is 2. The number of benzene rings is 1. The molecule has 0 fully saturated rings. The molecule has 3 rings (SSSR count). The van der Waals surface area contributed by atoms with E-state index in [-0.39, 0.29) is 0 Å². The van der Waals surface area contributed by atoms with Crippen LogP contribution in [0.1, 0.15) is 21.9 Å². The zero-order valence-electron chi connectivity index (χ0n) is 12.7. The first-order chi connectivity index (χ1) is 10.5. The summed E-state index contributed by atoms with van der Waals surface area (Å²) in [6.45, 7) is 6.26. The van der Waals surface area contributed by atoms with Crippen LogP contribution in [-0.2, 0) is 6.61 Å². The lowest BCUT2D eigenvalue weighted by Crippen LogP contribution is -1.97. The predicted molar refractivity (Wildman–Crippen MR) is 87.0 cm³/mol. The van der Waals surface area contributed by atoms with Gasteiger partial charge in [-0.2, -0.15) is 0 Å². The number of anilines is 1. The molecule has 0 unspecified atom stereocenters. The van der Waals surface area contributed by atoms with E-state index in [1.807, 2.05) is 45.0 Å². The Balaban J connectivity index is 1.73. The summed E-state index contributed by atoms with van der Waals surface area (Å²) >= 11 is 1.50. The van der Waals surface area contributed by atoms with E-state index in [0.717, 1.165) is 38.9 Å². The molecule has 2 aromatic heterocycles. The van der Waals surface area contributed by atoms with Crippen molar-refractivity contribution >= 4 is 16.5 Å². The molecule has 0 radical (unpaired) electrons. The molecule has 114 valence electrons. The average Bonchev–Trinajstić information content (AvgIpc) is 3.00. The van der Waals surface area contributed by atoms with Gasteiger partial charge in [-0.1, -0.05) is 5.16 Å². The lowest BCUT2D eigenvalue weighted by molar-refractivity contribution is 0.302. The number of rotatable bonds is 4. The van der Waals surface area contributed by atoms with E-state index in [1.165, 1.54) is 11.3 Å². The molecule has 0 amide bonds. The molecule has 0 aliphatic heterocycles. The van der Waals surface area contributed by atoms with Gasteiger partial charge in [-0.25, -0.2) is 4.98 Å². The SMILES string of the molecule is Cc1noc(C)c1COc1ccc(-c2nc(N)sc2C)cc1. The molecule has 0 atom stereocenters. The largest absolute Gasteiger partial charge is 0.489 e. The highest BCUT2D eigenvalue weighted by molar-refractivity contribution is 7.15. The van der Waals surface area contributed by atoms with Crippen molar-refractivity contribution in [3.8, 4) is 17.0 Å². The highest BCUT2D eigenvalue weighted by atomic mass is 32.1. The van der Waals surface area contributed by atoms with E-state index in [1.54, 1.807) is 0 Å². The number of nitrogen functional groups attached to an aromatic ring is 1. The first kappa shape index (κ1) is 14.6. The number of ether oxygens (including phenoxy) is 1. The summed E-state index contributed by atoms with van der Waals surface area (Å²) in [5.41, 5.74) is 9.57. The molecule has 2 N–H and O–H groups in total. The highest BCUT2D eigenvalue weighted by Crippen LogP contribution is 2.30. The maximum atomic E-state index is 5.80. The van der Waals surface area contributed by atoms with Gasteiger partial charge < -0.3 is 15.0 Å². The van der Waals surface area contributed by atoms with Crippen LogP contribution in [0.5, 0.6) is 5.75 Å². The predicted octanol–water partition coefficient (Wildman–Crippen LogP) is 3.88. The molecule has 0 aliphatic carbocycles. The molecule has 22 heavy (non-hydrogen) atoms. The van der Waals surface area contributed by atoms with Crippen LogP contribution in [0.2, 0.25) is 0 Å². The van der Waals surface area contributed by atoms with Gasteiger partial charge in [-0.3, -0.25) is 0 Å². The van der Waals surface area contributed by atoms with Gasteiger partial charge in [0.05, 0.1) is 17.0 Å². The minimum absolute atomic E-state index is 0.448. The van der Waals surface area contributed by atoms with Gasteiger partial charge in [0.25, 0.3) is 0 Å². The summed E-state index contributed by atoms with van der Waals surface area (Å²) in [6, 6.07) is 7.85. The monoisotopic (exact) mass is 315 g/mol. The molecule has 0 spiro atoms. The molecule has 6 heteroatoms. The Morgan fingerprint density at radius 3 is 2.45 bits per heavy atom. The van der Waals surface area contributed by atoms with Gasteiger partial charge in [0, 0.05) is 10.4 Å². The minimum Gasteiger partial charge on any atom is -0.489 e. The number of hydrogen-bond donors (Lipinski definition) is 1. The second-order valence-electron chi connectivity index (χ2n) is 5.07. The number of aryl methyl sites for hydroxylation is 3. The van der Waals surface area contributed by atoms with Crippen LogP contribution in [0.15, 0.2) is 28.8 Å². The van der Waals surface area contributed by atoms with E-state index < -0.39 is 0 Å². The van der Waals surface area contributed by atoms with Crippen molar-refractivity contribution in [2.45, 2.75) is 27.4 Å². The molecule has 0 aliphatic rings. The fourth-order valence-corrected chi connectivity index (χ4v) is 2.97. The third-order valence-corrected chi connectivity index (χ3v) is 4.31. The zero-order valence-corrected chi connectivity index (χ0v) is 13.5. The molecule has 2 heterocycles. The van der Waals surface area contributed by atoms with Gasteiger partial charge in [-0.15, -0.1) is 11.3 Å². The Bertz CT molecular complexity index is 771. The second-order valence-corrected chi connectivity index (χ2v) is 6.31. The number of nitrogens with two attached hydrogens (primary N) is 1. The molecule has 0 saturated heterocycles. The summed E-state index contributed by atoms with van der Waals surface area (Å²) < 4.78 is 10.9. The lowest BCUT2D eigenvalue weighted by atomic mass is 10.1. The van der Waals surface area contributed by atoms with E-state index in [2.05, 4.69) is 10.1 Å². The number of nitrogens with zero attached hydrogens (tertiary/aromatic N) is 2. The fraction of sp³-hybridized carbons (Fsp3) is 0.250. The quantitative estimate of drug-likeness (QED) is 0.790. The van der Waals surface area contributed by atoms with Gasteiger partial charge in [0.15, 0.2) is 5.13 Å². The maximum absolute atomic E-state index is 5.80. The minimum atomic E-state index is 0.448. The zero-order chi connectivity index (χ0) is 15.7. The van der Waals surface area contributed by atoms with Gasteiger partial charge in [0.2, 0.25) is 0 Å². The van der Waals surface area contributed by atoms with E-state index >= 15 is 0 Å². The van der Waals surface area contributed by atoms with Crippen LogP contribution in [0.3, 0.4) is 0 Å². The molecule has 0 bridgehead atoms. The maximum Gasteiger partial charge on any atom is 0.180 e. The first-order valence-electron chi connectivity index (χ1n) is 6.92. The van der Waals surface area contributed by atoms with Crippen molar-refractivity contribution in [3.63, 3.8) is 0 Å². The molecular weight excluding hydrogens is 298 g/mol.